The topological polar surface area (TPSA) is 65.1 Å². The number of halogens is 1. The van der Waals surface area contributed by atoms with Crippen molar-refractivity contribution in [3.05, 3.63) is 58.4 Å². The number of hydrogen-bond acceptors (Lipinski definition) is 2. The average Bonchev–Trinajstić information content (AvgIpc) is 2.85. The van der Waals surface area contributed by atoms with Gasteiger partial charge in [0.1, 0.15) is 0 Å². The predicted octanol–water partition coefficient (Wildman–Crippen LogP) is 2.83. The first-order valence-electron chi connectivity index (χ1n) is 6.37. The van der Waals surface area contributed by atoms with Gasteiger partial charge in [-0.15, -0.1) is 0 Å². The lowest BCUT2D eigenvalue weighted by Crippen LogP contribution is -2.37. The summed E-state index contributed by atoms with van der Waals surface area (Å²) < 4.78 is 0. The minimum absolute atomic E-state index is 0.204. The van der Waals surface area contributed by atoms with E-state index in [4.69, 9.17) is 11.6 Å². The summed E-state index contributed by atoms with van der Waals surface area (Å²) in [6.45, 7) is 3.59. The van der Waals surface area contributed by atoms with Crippen LogP contribution in [0.2, 0.25) is 5.02 Å². The van der Waals surface area contributed by atoms with Crippen LogP contribution in [0.25, 0.3) is 0 Å². The monoisotopic (exact) mass is 292 g/mol. The first-order chi connectivity index (χ1) is 9.49. The number of aryl methyl sites for hydroxylation is 1. The molecule has 0 radical (unpaired) electrons. The molecule has 1 heterocycles. The Morgan fingerprint density at radius 2 is 1.95 bits per heavy atom. The fourth-order valence-electron chi connectivity index (χ4n) is 2.01. The van der Waals surface area contributed by atoms with E-state index in [1.165, 1.54) is 0 Å². The number of nitrogens with one attached hydrogen (secondary N) is 2. The number of benzene rings is 1. The summed E-state index contributed by atoms with van der Waals surface area (Å²) in [5.74, 6) is -0.204. The summed E-state index contributed by atoms with van der Waals surface area (Å²) in [7, 11) is 0. The molecule has 0 aliphatic rings. The van der Waals surface area contributed by atoms with E-state index in [1.54, 1.807) is 43.5 Å². The first-order valence-corrected chi connectivity index (χ1v) is 6.75. The van der Waals surface area contributed by atoms with Crippen molar-refractivity contribution in [1.29, 1.82) is 0 Å². The van der Waals surface area contributed by atoms with Gasteiger partial charge in [-0.05, 0) is 37.6 Å². The zero-order valence-electron chi connectivity index (χ0n) is 11.4. The molecule has 1 amide bonds. The number of carbonyl (C=O) groups excluding carboxylic acids is 1. The van der Waals surface area contributed by atoms with Gasteiger partial charge in [0, 0.05) is 16.9 Å². The maximum absolute atomic E-state index is 12.1. The lowest BCUT2D eigenvalue weighted by atomic mass is 10.0. The van der Waals surface area contributed by atoms with E-state index in [0.717, 1.165) is 5.69 Å². The summed E-state index contributed by atoms with van der Waals surface area (Å²) in [5.41, 5.74) is 2.10. The van der Waals surface area contributed by atoms with Gasteiger partial charge in [-0.3, -0.25) is 4.79 Å². The molecule has 0 saturated heterocycles. The Bertz CT molecular complexity index is 592. The maximum Gasteiger partial charge on any atom is 0.253 e. The molecule has 1 aromatic carbocycles. The van der Waals surface area contributed by atoms with Gasteiger partial charge < -0.3 is 15.4 Å². The smallest absolute Gasteiger partial charge is 0.253 e. The number of aliphatic hydroxyl groups is 1. The second kappa shape index (κ2) is 6.11. The van der Waals surface area contributed by atoms with Gasteiger partial charge in [-0.1, -0.05) is 23.7 Å². The molecule has 0 spiro atoms. The number of H-pyrrole nitrogens is 1. The Morgan fingerprint density at radius 1 is 1.30 bits per heavy atom. The Balaban J connectivity index is 2.04. The number of aromatic amines is 1. The van der Waals surface area contributed by atoms with Gasteiger partial charge in [0.05, 0.1) is 17.7 Å². The lowest BCUT2D eigenvalue weighted by Gasteiger charge is -2.20. The molecule has 3 N–H and O–H groups in total. The standard InChI is InChI=1S/C15H17ClN2O2/c1-9-13(7-8-17-9)15(20)18-10(2)14(19)11-3-5-12(16)6-4-11/h3-8,10,14,17,19H,1-2H3,(H,18,20). The van der Waals surface area contributed by atoms with E-state index in [-0.39, 0.29) is 5.91 Å². The molecule has 2 rings (SSSR count). The highest BCUT2D eigenvalue weighted by atomic mass is 35.5. The Hall–Kier alpha value is -1.78. The van der Waals surface area contributed by atoms with Crippen LogP contribution in [0.5, 0.6) is 0 Å². The molecular formula is C15H17ClN2O2. The Morgan fingerprint density at radius 3 is 2.50 bits per heavy atom. The minimum Gasteiger partial charge on any atom is -0.386 e. The van der Waals surface area contributed by atoms with Crippen LogP contribution in [0.4, 0.5) is 0 Å². The average molecular weight is 293 g/mol. The van der Waals surface area contributed by atoms with E-state index in [2.05, 4.69) is 10.3 Å². The number of aliphatic hydroxyl groups excluding tert-OH is 1. The Labute approximate surface area is 122 Å². The Kier molecular flexibility index (Phi) is 4.47. The number of carbonyl (C=O) groups is 1. The van der Waals surface area contributed by atoms with Crippen molar-refractivity contribution in [2.45, 2.75) is 26.0 Å². The first kappa shape index (κ1) is 14.6. The summed E-state index contributed by atoms with van der Waals surface area (Å²) in [6.07, 6.45) is 0.931. The highest BCUT2D eigenvalue weighted by Crippen LogP contribution is 2.19. The highest BCUT2D eigenvalue weighted by Gasteiger charge is 2.20. The van der Waals surface area contributed by atoms with Crippen molar-refractivity contribution in [2.75, 3.05) is 0 Å². The van der Waals surface area contributed by atoms with Crippen molar-refractivity contribution in [3.8, 4) is 0 Å². The van der Waals surface area contributed by atoms with Crippen LogP contribution in [-0.4, -0.2) is 22.0 Å². The van der Waals surface area contributed by atoms with E-state index in [9.17, 15) is 9.90 Å². The summed E-state index contributed by atoms with van der Waals surface area (Å²) in [6, 6.07) is 8.23. The molecule has 2 aromatic rings. The molecule has 0 aliphatic carbocycles. The second-order valence-corrected chi connectivity index (χ2v) is 5.21. The molecule has 2 unspecified atom stereocenters. The zero-order chi connectivity index (χ0) is 14.7. The van der Waals surface area contributed by atoms with Crippen molar-refractivity contribution in [2.24, 2.45) is 0 Å². The molecule has 4 nitrogen and oxygen atoms in total. The van der Waals surface area contributed by atoms with Crippen molar-refractivity contribution in [3.63, 3.8) is 0 Å². The third-order valence-corrected chi connectivity index (χ3v) is 3.49. The second-order valence-electron chi connectivity index (χ2n) is 4.77. The van der Waals surface area contributed by atoms with Crippen LogP contribution in [0.15, 0.2) is 36.5 Å². The quantitative estimate of drug-likeness (QED) is 0.811. The minimum atomic E-state index is -0.782. The van der Waals surface area contributed by atoms with E-state index >= 15 is 0 Å². The summed E-state index contributed by atoms with van der Waals surface area (Å²) >= 11 is 5.81. The summed E-state index contributed by atoms with van der Waals surface area (Å²) in [4.78, 5) is 15.0. The van der Waals surface area contributed by atoms with Gasteiger partial charge in [0.2, 0.25) is 0 Å². The van der Waals surface area contributed by atoms with Gasteiger partial charge in [-0.25, -0.2) is 0 Å². The molecular weight excluding hydrogens is 276 g/mol. The van der Waals surface area contributed by atoms with Crippen LogP contribution in [0.1, 0.15) is 34.6 Å². The van der Waals surface area contributed by atoms with Gasteiger partial charge in [0.15, 0.2) is 0 Å². The third-order valence-electron chi connectivity index (χ3n) is 3.24. The van der Waals surface area contributed by atoms with Crippen LogP contribution >= 0.6 is 11.6 Å². The van der Waals surface area contributed by atoms with Crippen molar-refractivity contribution < 1.29 is 9.90 Å². The molecule has 0 saturated carbocycles. The number of hydrogen-bond donors (Lipinski definition) is 3. The van der Waals surface area contributed by atoms with Crippen LogP contribution in [0.3, 0.4) is 0 Å². The highest BCUT2D eigenvalue weighted by molar-refractivity contribution is 6.30. The molecule has 20 heavy (non-hydrogen) atoms. The number of rotatable bonds is 4. The molecule has 2 atom stereocenters. The molecule has 5 heteroatoms. The van der Waals surface area contributed by atoms with Gasteiger partial charge in [0.25, 0.3) is 5.91 Å². The van der Waals surface area contributed by atoms with E-state index < -0.39 is 12.1 Å². The number of aromatic nitrogens is 1. The van der Waals surface area contributed by atoms with Gasteiger partial charge in [-0.2, -0.15) is 0 Å². The zero-order valence-corrected chi connectivity index (χ0v) is 12.1. The normalized spacial score (nSPS) is 13.8. The van der Waals surface area contributed by atoms with Crippen molar-refractivity contribution in [1.82, 2.24) is 10.3 Å². The van der Waals surface area contributed by atoms with Crippen LogP contribution in [-0.2, 0) is 0 Å². The number of amides is 1. The fourth-order valence-corrected chi connectivity index (χ4v) is 2.14. The van der Waals surface area contributed by atoms with Crippen LogP contribution in [0, 0.1) is 6.92 Å². The SMILES string of the molecule is Cc1[nH]ccc1C(=O)NC(C)C(O)c1ccc(Cl)cc1. The van der Waals surface area contributed by atoms with Gasteiger partial charge >= 0.3 is 0 Å². The van der Waals surface area contributed by atoms with E-state index in [0.29, 0.717) is 16.1 Å². The fraction of sp³-hybridized carbons (Fsp3) is 0.267. The van der Waals surface area contributed by atoms with Crippen molar-refractivity contribution >= 4 is 17.5 Å². The molecule has 1 aromatic heterocycles. The lowest BCUT2D eigenvalue weighted by molar-refractivity contribution is 0.0851. The molecule has 0 aliphatic heterocycles. The maximum atomic E-state index is 12.1. The molecule has 0 bridgehead atoms. The summed E-state index contributed by atoms with van der Waals surface area (Å²) in [5, 5.41) is 13.6. The van der Waals surface area contributed by atoms with Crippen LogP contribution < -0.4 is 5.32 Å². The van der Waals surface area contributed by atoms with E-state index in [1.807, 2.05) is 6.92 Å². The largest absolute Gasteiger partial charge is 0.386 e. The molecule has 0 fully saturated rings. The third kappa shape index (κ3) is 3.21. The molecule has 106 valence electrons. The predicted molar refractivity (Wildman–Crippen MR) is 78.9 cm³/mol.